The maximum atomic E-state index is 5.41. The van der Waals surface area contributed by atoms with Crippen molar-refractivity contribution in [1.82, 2.24) is 0 Å². The minimum Gasteiger partial charge on any atom is -0.353 e. The minimum absolute atomic E-state index is 0.105. The van der Waals surface area contributed by atoms with E-state index in [0.717, 1.165) is 26.0 Å². The van der Waals surface area contributed by atoms with Gasteiger partial charge in [0, 0.05) is 13.2 Å². The Balaban J connectivity index is 2.02. The molecule has 0 bridgehead atoms. The molecule has 1 aliphatic heterocycles. The first-order valence-electron chi connectivity index (χ1n) is 4.16. The topological polar surface area (TPSA) is 18.5 Å². The molecule has 0 spiro atoms. The van der Waals surface area contributed by atoms with Gasteiger partial charge in [-0.15, -0.1) is 0 Å². The third-order valence-electron chi connectivity index (χ3n) is 1.65. The van der Waals surface area contributed by atoms with Gasteiger partial charge in [0.25, 0.3) is 0 Å². The number of rotatable bonds is 3. The van der Waals surface area contributed by atoms with E-state index >= 15 is 0 Å². The quantitative estimate of drug-likeness (QED) is 0.536. The third kappa shape index (κ3) is 2.71. The molecule has 1 aliphatic rings. The first-order valence-corrected chi connectivity index (χ1v) is 4.16. The summed E-state index contributed by atoms with van der Waals surface area (Å²) in [5.74, 6) is 0. The van der Waals surface area contributed by atoms with Crippen molar-refractivity contribution >= 4 is 7.85 Å². The van der Waals surface area contributed by atoms with Gasteiger partial charge in [0.2, 0.25) is 0 Å². The summed E-state index contributed by atoms with van der Waals surface area (Å²) in [6, 6.07) is 0. The molecule has 0 aromatic rings. The van der Waals surface area contributed by atoms with Gasteiger partial charge in [0.1, 0.15) is 7.85 Å². The molecule has 10 heavy (non-hydrogen) atoms. The Bertz CT molecular complexity index is 81.7. The Hall–Kier alpha value is -0.0151. The van der Waals surface area contributed by atoms with Crippen LogP contribution in [0.5, 0.6) is 0 Å². The first kappa shape index (κ1) is 8.09. The van der Waals surface area contributed by atoms with Crippen LogP contribution < -0.4 is 0 Å². The highest BCUT2D eigenvalue weighted by Crippen LogP contribution is 2.13. The zero-order chi connectivity index (χ0) is 7.23. The Morgan fingerprint density at radius 1 is 1.50 bits per heavy atom. The van der Waals surface area contributed by atoms with Gasteiger partial charge in [-0.25, -0.2) is 0 Å². The summed E-state index contributed by atoms with van der Waals surface area (Å²) in [6.07, 6.45) is 4.73. The van der Waals surface area contributed by atoms with Crippen LogP contribution in [0.2, 0.25) is 6.32 Å². The fourth-order valence-corrected chi connectivity index (χ4v) is 1.09. The Kier molecular flexibility index (Phi) is 3.84. The lowest BCUT2D eigenvalue weighted by Crippen LogP contribution is -2.22. The second-order valence-electron chi connectivity index (χ2n) is 2.67. The first-order chi connectivity index (χ1) is 4.93. The van der Waals surface area contributed by atoms with E-state index in [-0.39, 0.29) is 6.29 Å². The van der Waals surface area contributed by atoms with Gasteiger partial charge < -0.3 is 9.47 Å². The highest BCUT2D eigenvalue weighted by molar-refractivity contribution is 6.08. The minimum atomic E-state index is 0.105. The molecule has 58 valence electrons. The number of ether oxygens (including phenoxy) is 2. The maximum Gasteiger partial charge on any atom is 0.157 e. The summed E-state index contributed by atoms with van der Waals surface area (Å²) in [4.78, 5) is 0. The lowest BCUT2D eigenvalue weighted by molar-refractivity contribution is -0.159. The summed E-state index contributed by atoms with van der Waals surface area (Å²) in [6.45, 7) is 1.72. The van der Waals surface area contributed by atoms with Crippen LogP contribution in [0.3, 0.4) is 0 Å². The standard InChI is InChI=1S/C7H15BO2/c8-4-6-10-7-3-1-2-5-9-7/h7H,1-6,8H2. The van der Waals surface area contributed by atoms with Gasteiger partial charge in [-0.1, -0.05) is 6.32 Å². The maximum absolute atomic E-state index is 5.41. The molecule has 1 heterocycles. The van der Waals surface area contributed by atoms with Gasteiger partial charge in [0.05, 0.1) is 0 Å². The van der Waals surface area contributed by atoms with Crippen LogP contribution in [0, 0.1) is 0 Å². The third-order valence-corrected chi connectivity index (χ3v) is 1.65. The summed E-state index contributed by atoms with van der Waals surface area (Å²) >= 11 is 0. The molecule has 0 saturated carbocycles. The van der Waals surface area contributed by atoms with Gasteiger partial charge in [-0.05, 0) is 19.3 Å². The molecule has 0 aromatic carbocycles. The van der Waals surface area contributed by atoms with Crippen molar-refractivity contribution in [1.29, 1.82) is 0 Å². The van der Waals surface area contributed by atoms with Crippen molar-refractivity contribution in [2.45, 2.75) is 31.9 Å². The van der Waals surface area contributed by atoms with Gasteiger partial charge in [-0.3, -0.25) is 0 Å². The van der Waals surface area contributed by atoms with E-state index in [2.05, 4.69) is 7.85 Å². The molecular formula is C7H15BO2. The van der Waals surface area contributed by atoms with E-state index in [1.165, 1.54) is 12.8 Å². The normalized spacial score (nSPS) is 26.6. The molecule has 0 aliphatic carbocycles. The van der Waals surface area contributed by atoms with Crippen molar-refractivity contribution in [2.24, 2.45) is 0 Å². The van der Waals surface area contributed by atoms with Crippen LogP contribution in [0.1, 0.15) is 19.3 Å². The van der Waals surface area contributed by atoms with E-state index in [1.807, 2.05) is 0 Å². The summed E-state index contributed by atoms with van der Waals surface area (Å²) < 4.78 is 10.8. The molecule has 0 radical (unpaired) electrons. The van der Waals surface area contributed by atoms with Gasteiger partial charge in [0.15, 0.2) is 6.29 Å². The van der Waals surface area contributed by atoms with E-state index in [4.69, 9.17) is 9.47 Å². The van der Waals surface area contributed by atoms with Crippen LogP contribution >= 0.6 is 0 Å². The molecule has 0 N–H and O–H groups in total. The lowest BCUT2D eigenvalue weighted by atomic mass is 10.1. The average molecular weight is 142 g/mol. The molecule has 2 nitrogen and oxygen atoms in total. The fourth-order valence-electron chi connectivity index (χ4n) is 1.09. The van der Waals surface area contributed by atoms with Crippen molar-refractivity contribution in [3.05, 3.63) is 0 Å². The Morgan fingerprint density at radius 2 is 2.40 bits per heavy atom. The van der Waals surface area contributed by atoms with E-state index in [9.17, 15) is 0 Å². The Labute approximate surface area is 63.3 Å². The van der Waals surface area contributed by atoms with Crippen molar-refractivity contribution < 1.29 is 9.47 Å². The molecule has 0 aromatic heterocycles. The van der Waals surface area contributed by atoms with Crippen LogP contribution in [-0.4, -0.2) is 27.4 Å². The molecule has 3 heteroatoms. The molecule has 1 saturated heterocycles. The van der Waals surface area contributed by atoms with Crippen LogP contribution in [-0.2, 0) is 9.47 Å². The highest BCUT2D eigenvalue weighted by Gasteiger charge is 2.12. The lowest BCUT2D eigenvalue weighted by Gasteiger charge is -2.22. The molecular weight excluding hydrogens is 127 g/mol. The second kappa shape index (κ2) is 4.75. The monoisotopic (exact) mass is 142 g/mol. The van der Waals surface area contributed by atoms with Gasteiger partial charge in [-0.2, -0.15) is 0 Å². The predicted octanol–water partition coefficient (Wildman–Crippen LogP) is 0.581. The number of hydrogen-bond donors (Lipinski definition) is 0. The zero-order valence-electron chi connectivity index (χ0n) is 6.64. The number of hydrogen-bond acceptors (Lipinski definition) is 2. The van der Waals surface area contributed by atoms with E-state index in [0.29, 0.717) is 0 Å². The summed E-state index contributed by atoms with van der Waals surface area (Å²) in [5, 5.41) is 0. The summed E-state index contributed by atoms with van der Waals surface area (Å²) in [5.41, 5.74) is 0. The van der Waals surface area contributed by atoms with E-state index < -0.39 is 0 Å². The second-order valence-corrected chi connectivity index (χ2v) is 2.67. The molecule has 1 atom stereocenters. The Morgan fingerprint density at radius 3 is 3.00 bits per heavy atom. The van der Waals surface area contributed by atoms with Crippen LogP contribution in [0.15, 0.2) is 0 Å². The van der Waals surface area contributed by atoms with Crippen molar-refractivity contribution in [3.63, 3.8) is 0 Å². The highest BCUT2D eigenvalue weighted by atomic mass is 16.7. The smallest absolute Gasteiger partial charge is 0.157 e. The molecule has 1 fully saturated rings. The zero-order valence-corrected chi connectivity index (χ0v) is 6.64. The fraction of sp³-hybridized carbons (Fsp3) is 1.00. The van der Waals surface area contributed by atoms with Crippen LogP contribution in [0.4, 0.5) is 0 Å². The van der Waals surface area contributed by atoms with Crippen LogP contribution in [0.25, 0.3) is 0 Å². The molecule has 1 unspecified atom stereocenters. The SMILES string of the molecule is BCCOC1CCCCO1. The van der Waals surface area contributed by atoms with Crippen molar-refractivity contribution in [2.75, 3.05) is 13.2 Å². The molecule has 1 rings (SSSR count). The van der Waals surface area contributed by atoms with Gasteiger partial charge >= 0.3 is 0 Å². The largest absolute Gasteiger partial charge is 0.353 e. The summed E-state index contributed by atoms with van der Waals surface area (Å²) in [7, 11) is 2.11. The van der Waals surface area contributed by atoms with Crippen molar-refractivity contribution in [3.8, 4) is 0 Å². The average Bonchev–Trinajstić information content (AvgIpc) is 2.03. The molecule has 0 amide bonds. The predicted molar refractivity (Wildman–Crippen MR) is 42.9 cm³/mol. The van der Waals surface area contributed by atoms with E-state index in [1.54, 1.807) is 0 Å².